The molecule has 0 saturated heterocycles. The first kappa shape index (κ1) is 15.8. The van der Waals surface area contributed by atoms with Gasteiger partial charge in [-0.25, -0.2) is 4.79 Å². The fourth-order valence-corrected chi connectivity index (χ4v) is 2.97. The Morgan fingerprint density at radius 2 is 2.05 bits per heavy atom. The highest BCUT2D eigenvalue weighted by atomic mass is 16.3. The summed E-state index contributed by atoms with van der Waals surface area (Å²) in [5, 5.41) is 15.3. The lowest BCUT2D eigenvalue weighted by Gasteiger charge is -2.17. The molecule has 3 atom stereocenters. The summed E-state index contributed by atoms with van der Waals surface area (Å²) in [6.07, 6.45) is 3.49. The molecule has 3 unspecified atom stereocenters. The number of urea groups is 1. The standard InChI is InChI=1S/C17H26N2O2/c1-2-14(15-6-4-3-5-7-15)12-19-17(21)18-11-13-8-9-16(20)10-13/h3-7,13-14,16,20H,2,8-12H2,1H3,(H2,18,19,21). The van der Waals surface area contributed by atoms with Gasteiger partial charge in [0.25, 0.3) is 0 Å². The normalized spacial score (nSPS) is 22.8. The van der Waals surface area contributed by atoms with Gasteiger partial charge in [0, 0.05) is 19.0 Å². The van der Waals surface area contributed by atoms with Gasteiger partial charge in [-0.05, 0) is 37.2 Å². The molecular weight excluding hydrogens is 264 g/mol. The van der Waals surface area contributed by atoms with Crippen molar-refractivity contribution < 1.29 is 9.90 Å². The molecule has 0 aromatic heterocycles. The minimum atomic E-state index is -0.178. The number of aliphatic hydroxyl groups excluding tert-OH is 1. The zero-order chi connectivity index (χ0) is 15.1. The Balaban J connectivity index is 1.70. The van der Waals surface area contributed by atoms with Crippen LogP contribution in [0.5, 0.6) is 0 Å². The van der Waals surface area contributed by atoms with E-state index in [0.29, 0.717) is 24.9 Å². The van der Waals surface area contributed by atoms with E-state index in [0.717, 1.165) is 25.7 Å². The third-order valence-electron chi connectivity index (χ3n) is 4.34. The van der Waals surface area contributed by atoms with Crippen molar-refractivity contribution in [1.29, 1.82) is 0 Å². The van der Waals surface area contributed by atoms with Gasteiger partial charge in [-0.3, -0.25) is 0 Å². The van der Waals surface area contributed by atoms with Gasteiger partial charge in [0.1, 0.15) is 0 Å². The van der Waals surface area contributed by atoms with Gasteiger partial charge in [-0.15, -0.1) is 0 Å². The van der Waals surface area contributed by atoms with Crippen LogP contribution in [0.2, 0.25) is 0 Å². The number of hydrogen-bond donors (Lipinski definition) is 3. The number of amides is 2. The third-order valence-corrected chi connectivity index (χ3v) is 4.34. The van der Waals surface area contributed by atoms with Crippen LogP contribution in [0, 0.1) is 5.92 Å². The predicted octanol–water partition coefficient (Wildman–Crippen LogP) is 2.64. The van der Waals surface area contributed by atoms with Crippen LogP contribution in [0.3, 0.4) is 0 Å². The topological polar surface area (TPSA) is 61.4 Å². The molecule has 0 radical (unpaired) electrons. The lowest BCUT2D eigenvalue weighted by Crippen LogP contribution is -2.39. The van der Waals surface area contributed by atoms with Crippen LogP contribution in [0.25, 0.3) is 0 Å². The van der Waals surface area contributed by atoms with Crippen molar-refractivity contribution in [2.45, 2.75) is 44.6 Å². The highest BCUT2D eigenvalue weighted by Crippen LogP contribution is 2.24. The molecule has 116 valence electrons. The SMILES string of the molecule is CCC(CNC(=O)NCC1CCC(O)C1)c1ccccc1. The van der Waals surface area contributed by atoms with E-state index in [1.807, 2.05) is 18.2 Å². The Morgan fingerprint density at radius 3 is 2.67 bits per heavy atom. The van der Waals surface area contributed by atoms with E-state index in [2.05, 4.69) is 29.7 Å². The van der Waals surface area contributed by atoms with Crippen molar-refractivity contribution in [2.24, 2.45) is 5.92 Å². The van der Waals surface area contributed by atoms with Gasteiger partial charge < -0.3 is 15.7 Å². The largest absolute Gasteiger partial charge is 0.393 e. The fraction of sp³-hybridized carbons (Fsp3) is 0.588. The molecule has 4 nitrogen and oxygen atoms in total. The van der Waals surface area contributed by atoms with E-state index < -0.39 is 0 Å². The Hall–Kier alpha value is -1.55. The molecular formula is C17H26N2O2. The smallest absolute Gasteiger partial charge is 0.314 e. The van der Waals surface area contributed by atoms with E-state index in [9.17, 15) is 9.90 Å². The van der Waals surface area contributed by atoms with Crippen molar-refractivity contribution >= 4 is 6.03 Å². The maximum absolute atomic E-state index is 11.8. The minimum Gasteiger partial charge on any atom is -0.393 e. The first-order valence-electron chi connectivity index (χ1n) is 7.93. The van der Waals surface area contributed by atoms with Crippen LogP contribution in [-0.4, -0.2) is 30.3 Å². The molecule has 1 saturated carbocycles. The van der Waals surface area contributed by atoms with Crippen LogP contribution in [0.15, 0.2) is 30.3 Å². The second kappa shape index (κ2) is 8.03. The molecule has 0 bridgehead atoms. The van der Waals surface area contributed by atoms with Crippen molar-refractivity contribution in [3.8, 4) is 0 Å². The molecule has 0 spiro atoms. The van der Waals surface area contributed by atoms with Gasteiger partial charge in [-0.1, -0.05) is 37.3 Å². The molecule has 21 heavy (non-hydrogen) atoms. The first-order valence-corrected chi connectivity index (χ1v) is 7.93. The Bertz CT molecular complexity index is 436. The van der Waals surface area contributed by atoms with E-state index in [-0.39, 0.29) is 12.1 Å². The lowest BCUT2D eigenvalue weighted by molar-refractivity contribution is 0.177. The summed E-state index contributed by atoms with van der Waals surface area (Å²) in [6, 6.07) is 10.2. The van der Waals surface area contributed by atoms with Gasteiger partial charge in [0.05, 0.1) is 6.10 Å². The average molecular weight is 290 g/mol. The number of hydrogen-bond acceptors (Lipinski definition) is 2. The highest BCUT2D eigenvalue weighted by molar-refractivity contribution is 5.73. The predicted molar refractivity (Wildman–Crippen MR) is 84.2 cm³/mol. The highest BCUT2D eigenvalue weighted by Gasteiger charge is 2.22. The minimum absolute atomic E-state index is 0.106. The van der Waals surface area contributed by atoms with E-state index in [1.54, 1.807) is 0 Å². The van der Waals surface area contributed by atoms with Crippen molar-refractivity contribution in [2.75, 3.05) is 13.1 Å². The molecule has 1 aliphatic carbocycles. The molecule has 0 heterocycles. The van der Waals surface area contributed by atoms with Gasteiger partial charge in [0.2, 0.25) is 0 Å². The summed E-state index contributed by atoms with van der Waals surface area (Å²) in [7, 11) is 0. The maximum atomic E-state index is 11.8. The molecule has 1 aliphatic rings. The molecule has 1 aromatic rings. The molecule has 0 aliphatic heterocycles. The van der Waals surface area contributed by atoms with Crippen molar-refractivity contribution in [3.05, 3.63) is 35.9 Å². The summed E-state index contributed by atoms with van der Waals surface area (Å²) in [4.78, 5) is 11.8. The summed E-state index contributed by atoms with van der Waals surface area (Å²) in [5.41, 5.74) is 1.26. The number of rotatable bonds is 6. The molecule has 1 fully saturated rings. The summed E-state index contributed by atoms with van der Waals surface area (Å²) >= 11 is 0. The van der Waals surface area contributed by atoms with E-state index in [1.165, 1.54) is 5.56 Å². The molecule has 4 heteroatoms. The van der Waals surface area contributed by atoms with E-state index >= 15 is 0 Å². The Labute approximate surface area is 126 Å². The van der Waals surface area contributed by atoms with E-state index in [4.69, 9.17) is 0 Å². The van der Waals surface area contributed by atoms with Crippen LogP contribution in [0.4, 0.5) is 4.79 Å². The second-order valence-corrected chi connectivity index (χ2v) is 5.94. The van der Waals surface area contributed by atoms with Gasteiger partial charge in [-0.2, -0.15) is 0 Å². The number of benzene rings is 1. The zero-order valence-electron chi connectivity index (χ0n) is 12.7. The first-order chi connectivity index (χ1) is 10.2. The summed E-state index contributed by atoms with van der Waals surface area (Å²) < 4.78 is 0. The molecule has 1 aromatic carbocycles. The fourth-order valence-electron chi connectivity index (χ4n) is 2.97. The van der Waals surface area contributed by atoms with Crippen molar-refractivity contribution in [1.82, 2.24) is 10.6 Å². The van der Waals surface area contributed by atoms with Crippen LogP contribution < -0.4 is 10.6 Å². The Kier molecular flexibility index (Phi) is 6.05. The van der Waals surface area contributed by atoms with Crippen LogP contribution in [-0.2, 0) is 0 Å². The number of aliphatic hydroxyl groups is 1. The molecule has 3 N–H and O–H groups in total. The third kappa shape index (κ3) is 5.05. The maximum Gasteiger partial charge on any atom is 0.314 e. The van der Waals surface area contributed by atoms with Crippen LogP contribution >= 0.6 is 0 Å². The lowest BCUT2D eigenvalue weighted by atomic mass is 9.97. The number of nitrogens with one attached hydrogen (secondary N) is 2. The van der Waals surface area contributed by atoms with Gasteiger partial charge in [0.15, 0.2) is 0 Å². The molecule has 2 amide bonds. The monoisotopic (exact) mass is 290 g/mol. The van der Waals surface area contributed by atoms with Gasteiger partial charge >= 0.3 is 6.03 Å². The summed E-state index contributed by atoms with van der Waals surface area (Å²) in [5.74, 6) is 0.770. The van der Waals surface area contributed by atoms with Crippen LogP contribution in [0.1, 0.15) is 44.1 Å². The second-order valence-electron chi connectivity index (χ2n) is 5.94. The molecule has 2 rings (SSSR count). The quantitative estimate of drug-likeness (QED) is 0.754. The Morgan fingerprint density at radius 1 is 1.29 bits per heavy atom. The number of carbonyl (C=O) groups excluding carboxylic acids is 1. The zero-order valence-corrected chi connectivity index (χ0v) is 12.7. The average Bonchev–Trinajstić information content (AvgIpc) is 2.92. The van der Waals surface area contributed by atoms with Crippen molar-refractivity contribution in [3.63, 3.8) is 0 Å². The number of carbonyl (C=O) groups is 1. The summed E-state index contributed by atoms with van der Waals surface area (Å²) in [6.45, 7) is 3.45.